The maximum Gasteiger partial charge on any atom is 0.414 e. The molecule has 0 aliphatic carbocycles. The maximum absolute atomic E-state index is 12.7. The van der Waals surface area contributed by atoms with E-state index in [1.807, 2.05) is 0 Å². The number of carbonyl (C=O) groups excluding carboxylic acids is 1. The average molecular weight is 466 g/mol. The molecule has 164 valence electrons. The highest BCUT2D eigenvalue weighted by molar-refractivity contribution is 7.90. The number of nitrogens with zero attached hydrogens (tertiary/aromatic N) is 1. The van der Waals surface area contributed by atoms with E-state index < -0.39 is 21.9 Å². The second kappa shape index (κ2) is 8.58. The molecule has 0 atom stereocenters. The molecular formula is C20H20ClN3O6S. The number of hydrogen-bond donors (Lipinski definition) is 2. The number of aryl methyl sites for hydroxylation is 1. The zero-order chi connectivity index (χ0) is 22.9. The number of hydrogen-bond acceptors (Lipinski definition) is 6. The summed E-state index contributed by atoms with van der Waals surface area (Å²) in [6, 6.07) is 9.46. The molecule has 0 unspecified atom stereocenters. The van der Waals surface area contributed by atoms with Crippen LogP contribution >= 0.6 is 11.6 Å². The van der Waals surface area contributed by atoms with E-state index in [0.717, 1.165) is 0 Å². The van der Waals surface area contributed by atoms with Crippen molar-refractivity contribution in [2.24, 2.45) is 5.14 Å². The van der Waals surface area contributed by atoms with E-state index in [0.29, 0.717) is 22.1 Å². The lowest BCUT2D eigenvalue weighted by Gasteiger charge is -2.13. The monoisotopic (exact) mass is 465 g/mol. The Hall–Kier alpha value is -3.08. The molecule has 0 radical (unpaired) electrons. The molecule has 3 N–H and O–H groups in total. The number of nitrogens with two attached hydrogens (primary N) is 1. The number of anilines is 1. The van der Waals surface area contributed by atoms with Crippen LogP contribution in [0.25, 0.3) is 11.0 Å². The van der Waals surface area contributed by atoms with Gasteiger partial charge in [-0.3, -0.25) is 4.72 Å². The Bertz CT molecular complexity index is 1330. The van der Waals surface area contributed by atoms with E-state index in [2.05, 4.69) is 4.72 Å². The van der Waals surface area contributed by atoms with Crippen LogP contribution in [0.15, 0.2) is 45.6 Å². The number of nitrogens with one attached hydrogen (secondary N) is 1. The number of benzene rings is 2. The van der Waals surface area contributed by atoms with Crippen molar-refractivity contribution >= 4 is 44.6 Å². The molecule has 3 rings (SSSR count). The first kappa shape index (κ1) is 22.6. The fraction of sp³-hybridized carbons (Fsp3) is 0.200. The molecule has 0 spiro atoms. The Morgan fingerprint density at radius 3 is 2.61 bits per heavy atom. The van der Waals surface area contributed by atoms with Crippen molar-refractivity contribution in [3.63, 3.8) is 0 Å². The first-order valence-corrected chi connectivity index (χ1v) is 10.9. The molecule has 0 aliphatic heterocycles. The van der Waals surface area contributed by atoms with Crippen molar-refractivity contribution in [1.29, 1.82) is 0 Å². The zero-order valence-electron chi connectivity index (χ0n) is 16.9. The molecule has 1 aromatic heterocycles. The summed E-state index contributed by atoms with van der Waals surface area (Å²) in [6.07, 6.45) is -0.427. The number of carbonyl (C=O) groups is 1. The van der Waals surface area contributed by atoms with E-state index in [1.54, 1.807) is 37.3 Å². The van der Waals surface area contributed by atoms with Gasteiger partial charge in [-0.25, -0.2) is 14.7 Å². The van der Waals surface area contributed by atoms with Gasteiger partial charge < -0.3 is 14.1 Å². The summed E-state index contributed by atoms with van der Waals surface area (Å²) in [5.74, 6) is 0.0740. The Labute approximate surface area is 183 Å². The Morgan fingerprint density at radius 1 is 1.26 bits per heavy atom. The second-order valence-corrected chi connectivity index (χ2v) is 8.76. The third-order valence-corrected chi connectivity index (χ3v) is 5.29. The van der Waals surface area contributed by atoms with Crippen LogP contribution in [0.5, 0.6) is 5.75 Å². The fourth-order valence-electron chi connectivity index (χ4n) is 2.97. The van der Waals surface area contributed by atoms with Crippen LogP contribution in [0.3, 0.4) is 0 Å². The van der Waals surface area contributed by atoms with Gasteiger partial charge >= 0.3 is 11.7 Å². The van der Waals surface area contributed by atoms with E-state index in [9.17, 15) is 18.0 Å². The SMILES string of the molecule is Cc1c(Cc2cccc(NS(N)(=O)=O)c2)c(=O)oc2cc(OC(=O)N(C)C)c(Cl)cc12. The normalized spacial score (nSPS) is 11.4. The van der Waals surface area contributed by atoms with Gasteiger partial charge in [0, 0.05) is 37.5 Å². The largest absolute Gasteiger partial charge is 0.422 e. The van der Waals surface area contributed by atoms with Crippen molar-refractivity contribution in [2.75, 3.05) is 18.8 Å². The van der Waals surface area contributed by atoms with Gasteiger partial charge in [0.2, 0.25) is 0 Å². The summed E-state index contributed by atoms with van der Waals surface area (Å²) in [4.78, 5) is 25.7. The number of amides is 1. The average Bonchev–Trinajstić information content (AvgIpc) is 2.65. The number of ether oxygens (including phenoxy) is 1. The smallest absolute Gasteiger partial charge is 0.414 e. The van der Waals surface area contributed by atoms with Crippen LogP contribution in [0, 0.1) is 6.92 Å². The van der Waals surface area contributed by atoms with Gasteiger partial charge in [-0.1, -0.05) is 23.7 Å². The third kappa shape index (κ3) is 5.35. The molecule has 9 nitrogen and oxygen atoms in total. The van der Waals surface area contributed by atoms with E-state index >= 15 is 0 Å². The van der Waals surface area contributed by atoms with Crippen molar-refractivity contribution in [3.8, 4) is 5.75 Å². The second-order valence-electron chi connectivity index (χ2n) is 7.06. The van der Waals surface area contributed by atoms with Crippen LogP contribution in [-0.2, 0) is 16.6 Å². The van der Waals surface area contributed by atoms with E-state index in [4.69, 9.17) is 25.9 Å². The number of halogens is 1. The minimum absolute atomic E-state index is 0.0740. The molecule has 1 amide bonds. The summed E-state index contributed by atoms with van der Waals surface area (Å²) in [5.41, 5.74) is 1.63. The van der Waals surface area contributed by atoms with E-state index in [1.165, 1.54) is 25.1 Å². The molecule has 0 saturated heterocycles. The Kier molecular flexibility index (Phi) is 6.25. The number of rotatable bonds is 5. The molecule has 0 bridgehead atoms. The van der Waals surface area contributed by atoms with Crippen molar-refractivity contribution in [2.45, 2.75) is 13.3 Å². The molecule has 11 heteroatoms. The lowest BCUT2D eigenvalue weighted by Crippen LogP contribution is -2.25. The quantitative estimate of drug-likeness (QED) is 0.556. The van der Waals surface area contributed by atoms with Crippen LogP contribution < -0.4 is 20.2 Å². The summed E-state index contributed by atoms with van der Waals surface area (Å²) in [7, 11) is -0.861. The number of fused-ring (bicyclic) bond motifs is 1. The van der Waals surface area contributed by atoms with Gasteiger partial charge in [0.05, 0.1) is 10.7 Å². The molecule has 2 aromatic carbocycles. The van der Waals surface area contributed by atoms with Gasteiger partial charge in [-0.2, -0.15) is 8.42 Å². The molecule has 0 saturated carbocycles. The predicted molar refractivity (Wildman–Crippen MR) is 118 cm³/mol. The standard InChI is InChI=1S/C20H20ClN3O6S/c1-11-14-9-16(21)18(30-20(26)24(2)3)10-17(14)29-19(25)15(11)8-12-5-4-6-13(7-12)23-31(22,27)28/h4-7,9-10,23H,8H2,1-3H3,(H2,22,27,28). The molecule has 31 heavy (non-hydrogen) atoms. The van der Waals surface area contributed by atoms with Crippen LogP contribution in [0.4, 0.5) is 10.5 Å². The van der Waals surface area contributed by atoms with Crippen molar-refractivity contribution < 1.29 is 22.4 Å². The lowest BCUT2D eigenvalue weighted by atomic mass is 9.99. The lowest BCUT2D eigenvalue weighted by molar-refractivity contribution is 0.172. The fourth-order valence-corrected chi connectivity index (χ4v) is 3.63. The van der Waals surface area contributed by atoms with Gasteiger partial charge in [-0.05, 0) is 36.2 Å². The maximum atomic E-state index is 12.7. The highest BCUT2D eigenvalue weighted by atomic mass is 35.5. The molecule has 0 aliphatic rings. The van der Waals surface area contributed by atoms with Gasteiger partial charge in [0.1, 0.15) is 5.58 Å². The van der Waals surface area contributed by atoms with Crippen LogP contribution in [-0.4, -0.2) is 33.5 Å². The molecule has 3 aromatic rings. The Balaban J connectivity index is 2.00. The summed E-state index contributed by atoms with van der Waals surface area (Å²) >= 11 is 6.27. The topological polar surface area (TPSA) is 132 Å². The van der Waals surface area contributed by atoms with Crippen LogP contribution in [0.1, 0.15) is 16.7 Å². The first-order valence-electron chi connectivity index (χ1n) is 8.99. The summed E-state index contributed by atoms with van der Waals surface area (Å²) in [6.45, 7) is 1.75. The summed E-state index contributed by atoms with van der Waals surface area (Å²) in [5, 5.41) is 5.77. The minimum Gasteiger partial charge on any atom is -0.422 e. The van der Waals surface area contributed by atoms with Crippen LogP contribution in [0.2, 0.25) is 5.02 Å². The first-order chi connectivity index (χ1) is 14.4. The highest BCUT2D eigenvalue weighted by Crippen LogP contribution is 2.32. The van der Waals surface area contributed by atoms with Gasteiger partial charge in [-0.15, -0.1) is 0 Å². The zero-order valence-corrected chi connectivity index (χ0v) is 18.5. The predicted octanol–water partition coefficient (Wildman–Crippen LogP) is 3.02. The summed E-state index contributed by atoms with van der Waals surface area (Å²) < 4.78 is 35.3. The molecule has 1 heterocycles. The van der Waals surface area contributed by atoms with E-state index in [-0.39, 0.29) is 28.5 Å². The minimum atomic E-state index is -3.92. The van der Waals surface area contributed by atoms with Crippen molar-refractivity contribution in [3.05, 3.63) is 68.5 Å². The van der Waals surface area contributed by atoms with Gasteiger partial charge in [0.25, 0.3) is 10.2 Å². The molecular weight excluding hydrogens is 446 g/mol. The molecule has 0 fully saturated rings. The van der Waals surface area contributed by atoms with Crippen molar-refractivity contribution in [1.82, 2.24) is 4.90 Å². The Morgan fingerprint density at radius 2 is 1.97 bits per heavy atom. The highest BCUT2D eigenvalue weighted by Gasteiger charge is 2.17. The van der Waals surface area contributed by atoms with Gasteiger partial charge in [0.15, 0.2) is 5.75 Å². The third-order valence-electron chi connectivity index (χ3n) is 4.47.